The molecule has 1 unspecified atom stereocenters. The minimum absolute atomic E-state index is 0.207. The van der Waals surface area contributed by atoms with Gasteiger partial charge in [0.1, 0.15) is 11.7 Å². The highest BCUT2D eigenvalue weighted by Crippen LogP contribution is 2.28. The Morgan fingerprint density at radius 3 is 2.67 bits per heavy atom. The van der Waals surface area contributed by atoms with Crippen molar-refractivity contribution in [3.8, 4) is 0 Å². The number of esters is 2. The summed E-state index contributed by atoms with van der Waals surface area (Å²) in [5.74, 6) is -1.71. The van der Waals surface area contributed by atoms with Gasteiger partial charge in [0.05, 0.1) is 0 Å². The van der Waals surface area contributed by atoms with Gasteiger partial charge in [0.25, 0.3) is 0 Å². The summed E-state index contributed by atoms with van der Waals surface area (Å²) in [4.78, 5) is 23.5. The van der Waals surface area contributed by atoms with Crippen molar-refractivity contribution >= 4 is 34.5 Å². The Kier molecular flexibility index (Phi) is 5.19. The van der Waals surface area contributed by atoms with E-state index in [1.165, 1.54) is 0 Å². The fourth-order valence-electron chi connectivity index (χ4n) is 1.75. The second kappa shape index (κ2) is 6.04. The molecule has 0 aromatic rings. The van der Waals surface area contributed by atoms with Crippen LogP contribution in [0.4, 0.5) is 0 Å². The third kappa shape index (κ3) is 4.59. The summed E-state index contributed by atoms with van der Waals surface area (Å²) in [6, 6.07) is 0. The minimum atomic E-state index is -0.767. The van der Waals surface area contributed by atoms with Crippen LogP contribution in [0.15, 0.2) is 9.66 Å². The predicted molar refractivity (Wildman–Crippen MR) is 76.2 cm³/mol. The number of ether oxygens (including phenoxy) is 2. The molecule has 2 atom stereocenters. The first-order valence-electron chi connectivity index (χ1n) is 5.92. The normalized spacial score (nSPS) is 24.9. The van der Waals surface area contributed by atoms with Crippen LogP contribution in [0.2, 0.25) is 0 Å². The van der Waals surface area contributed by atoms with Gasteiger partial charge in [-0.3, -0.25) is 9.59 Å². The van der Waals surface area contributed by atoms with E-state index in [9.17, 15) is 9.59 Å². The first kappa shape index (κ1) is 15.5. The molecule has 1 aliphatic rings. The average molecular weight is 366 g/mol. The summed E-state index contributed by atoms with van der Waals surface area (Å²) in [6.07, 6.45) is 0.879. The Balaban J connectivity index is 2.59. The number of rotatable bonds is 3. The summed E-state index contributed by atoms with van der Waals surface area (Å²) in [7, 11) is 0. The van der Waals surface area contributed by atoms with E-state index < -0.39 is 23.5 Å². The van der Waals surface area contributed by atoms with E-state index in [1.54, 1.807) is 20.8 Å². The lowest BCUT2D eigenvalue weighted by molar-refractivity contribution is -0.164. The van der Waals surface area contributed by atoms with Crippen LogP contribution in [0.25, 0.3) is 0 Å². The Bertz CT molecular complexity index is 368. The van der Waals surface area contributed by atoms with Gasteiger partial charge in [-0.15, -0.1) is 0 Å². The molecule has 0 spiro atoms. The van der Waals surface area contributed by atoms with Gasteiger partial charge in [0, 0.05) is 12.8 Å². The van der Waals surface area contributed by atoms with Crippen LogP contribution in [-0.4, -0.2) is 23.6 Å². The monoisotopic (exact) mass is 366 g/mol. The highest BCUT2D eigenvalue weighted by atomic mass is 127. The molecule has 0 radical (unpaired) electrons. The van der Waals surface area contributed by atoms with Crippen molar-refractivity contribution in [1.82, 2.24) is 0 Å². The predicted octanol–water partition coefficient (Wildman–Crippen LogP) is 2.99. The number of carbonyl (C=O) groups excluding carboxylic acids is 2. The lowest BCUT2D eigenvalue weighted by Crippen LogP contribution is -2.30. The molecule has 0 aromatic carbocycles. The summed E-state index contributed by atoms with van der Waals surface area (Å²) < 4.78 is 12.4. The zero-order chi connectivity index (χ0) is 13.9. The molecule has 0 amide bonds. The lowest BCUT2D eigenvalue weighted by atomic mass is 10.0. The van der Waals surface area contributed by atoms with Crippen molar-refractivity contribution in [2.45, 2.75) is 52.2 Å². The highest BCUT2D eigenvalue weighted by Gasteiger charge is 2.41. The minimum Gasteiger partial charge on any atom is -0.461 e. The van der Waals surface area contributed by atoms with Gasteiger partial charge >= 0.3 is 11.9 Å². The Hall–Kier alpha value is -0.590. The van der Waals surface area contributed by atoms with E-state index in [0.29, 0.717) is 12.8 Å². The van der Waals surface area contributed by atoms with Crippen LogP contribution in [0.3, 0.4) is 0 Å². The van der Waals surface area contributed by atoms with Gasteiger partial charge in [-0.25, -0.2) is 0 Å². The topological polar surface area (TPSA) is 52.6 Å². The van der Waals surface area contributed by atoms with Gasteiger partial charge in [0.15, 0.2) is 5.92 Å². The van der Waals surface area contributed by atoms with Crippen molar-refractivity contribution in [3.63, 3.8) is 0 Å². The SMILES string of the molecule is C/C(=C\I)CC1C[C@@H](C(=O)OC(C)(C)C)C(=O)O1. The maximum Gasteiger partial charge on any atom is 0.320 e. The molecule has 102 valence electrons. The van der Waals surface area contributed by atoms with Gasteiger partial charge in [-0.2, -0.15) is 0 Å². The summed E-state index contributed by atoms with van der Waals surface area (Å²) >= 11 is 2.15. The number of halogens is 1. The van der Waals surface area contributed by atoms with Crippen LogP contribution < -0.4 is 0 Å². The third-order valence-electron chi connectivity index (χ3n) is 2.49. The molecule has 0 bridgehead atoms. The van der Waals surface area contributed by atoms with E-state index in [4.69, 9.17) is 9.47 Å². The molecule has 0 aliphatic carbocycles. The van der Waals surface area contributed by atoms with Gasteiger partial charge in [-0.05, 0) is 31.8 Å². The van der Waals surface area contributed by atoms with Crippen molar-refractivity contribution in [2.75, 3.05) is 0 Å². The summed E-state index contributed by atoms with van der Waals surface area (Å²) in [6.45, 7) is 7.32. The molecule has 0 aromatic heterocycles. The fourth-order valence-corrected chi connectivity index (χ4v) is 2.00. The van der Waals surface area contributed by atoms with Gasteiger partial charge in [-0.1, -0.05) is 28.2 Å². The second-order valence-electron chi connectivity index (χ2n) is 5.54. The summed E-state index contributed by atoms with van der Waals surface area (Å²) in [5, 5.41) is 0. The zero-order valence-corrected chi connectivity index (χ0v) is 13.3. The van der Waals surface area contributed by atoms with Crippen LogP contribution in [0.1, 0.15) is 40.5 Å². The molecule has 5 heteroatoms. The molecule has 4 nitrogen and oxygen atoms in total. The van der Waals surface area contributed by atoms with Crippen molar-refractivity contribution in [2.24, 2.45) is 5.92 Å². The van der Waals surface area contributed by atoms with E-state index >= 15 is 0 Å². The molecular weight excluding hydrogens is 347 g/mol. The van der Waals surface area contributed by atoms with Gasteiger partial charge in [0.2, 0.25) is 0 Å². The first-order chi connectivity index (χ1) is 8.23. The molecule has 1 aliphatic heterocycles. The maximum absolute atomic E-state index is 11.8. The number of hydrogen-bond acceptors (Lipinski definition) is 4. The van der Waals surface area contributed by atoms with Crippen LogP contribution in [0.5, 0.6) is 0 Å². The molecule has 1 saturated heterocycles. The zero-order valence-electron chi connectivity index (χ0n) is 11.2. The number of cyclic esters (lactones) is 1. The molecule has 0 N–H and O–H groups in total. The Morgan fingerprint density at radius 2 is 2.17 bits per heavy atom. The van der Waals surface area contributed by atoms with Crippen LogP contribution in [-0.2, 0) is 19.1 Å². The summed E-state index contributed by atoms with van der Waals surface area (Å²) in [5.41, 5.74) is 0.561. The van der Waals surface area contributed by atoms with Crippen molar-refractivity contribution in [1.29, 1.82) is 0 Å². The van der Waals surface area contributed by atoms with E-state index in [2.05, 4.69) is 22.6 Å². The lowest BCUT2D eigenvalue weighted by Gasteiger charge is -2.20. The van der Waals surface area contributed by atoms with E-state index in [0.717, 1.165) is 5.57 Å². The largest absolute Gasteiger partial charge is 0.461 e. The standard InChI is InChI=1S/C13H19IO4/c1-8(7-14)5-9-6-10(11(15)17-9)12(16)18-13(2,3)4/h7,9-10H,5-6H2,1-4H3/b8-7+/t9?,10-/m1/s1. The molecule has 1 rings (SSSR count). The second-order valence-corrected chi connectivity index (χ2v) is 6.16. The first-order valence-corrected chi connectivity index (χ1v) is 7.16. The molecule has 1 heterocycles. The van der Waals surface area contributed by atoms with Crippen molar-refractivity contribution < 1.29 is 19.1 Å². The third-order valence-corrected chi connectivity index (χ3v) is 3.56. The fraction of sp³-hybridized carbons (Fsp3) is 0.692. The highest BCUT2D eigenvalue weighted by molar-refractivity contribution is 14.1. The number of hydrogen-bond donors (Lipinski definition) is 0. The van der Waals surface area contributed by atoms with E-state index in [1.807, 2.05) is 11.0 Å². The molecular formula is C13H19IO4. The smallest absolute Gasteiger partial charge is 0.320 e. The number of carbonyl (C=O) groups is 2. The molecule has 18 heavy (non-hydrogen) atoms. The van der Waals surface area contributed by atoms with Crippen LogP contribution >= 0.6 is 22.6 Å². The van der Waals surface area contributed by atoms with Crippen molar-refractivity contribution in [3.05, 3.63) is 9.66 Å². The van der Waals surface area contributed by atoms with Gasteiger partial charge < -0.3 is 9.47 Å². The Labute approximate surface area is 121 Å². The quantitative estimate of drug-likeness (QED) is 0.438. The maximum atomic E-state index is 11.8. The molecule has 1 fully saturated rings. The van der Waals surface area contributed by atoms with E-state index in [-0.39, 0.29) is 6.10 Å². The Morgan fingerprint density at radius 1 is 1.56 bits per heavy atom. The molecule has 0 saturated carbocycles. The average Bonchev–Trinajstić information content (AvgIpc) is 2.56. The van der Waals surface area contributed by atoms with Crippen LogP contribution in [0, 0.1) is 5.92 Å².